The summed E-state index contributed by atoms with van der Waals surface area (Å²) in [6, 6.07) is 7.06. The van der Waals surface area contributed by atoms with Gasteiger partial charge in [-0.3, -0.25) is 14.4 Å². The fourth-order valence-corrected chi connectivity index (χ4v) is 4.03. The minimum Gasteiger partial charge on any atom is -0.497 e. The van der Waals surface area contributed by atoms with Crippen LogP contribution >= 0.6 is 0 Å². The smallest absolute Gasteiger partial charge is 0.251 e. The molecule has 0 saturated carbocycles. The number of nitrogens with one attached hydrogen (secondary N) is 1. The van der Waals surface area contributed by atoms with Crippen LogP contribution in [0.2, 0.25) is 0 Å². The predicted molar refractivity (Wildman–Crippen MR) is 110 cm³/mol. The maximum atomic E-state index is 12.9. The van der Waals surface area contributed by atoms with Gasteiger partial charge in [-0.1, -0.05) is 0 Å². The second kappa shape index (κ2) is 8.43. The lowest BCUT2D eigenvalue weighted by atomic mass is 10.0. The molecular weight excluding hydrogens is 370 g/mol. The van der Waals surface area contributed by atoms with E-state index in [4.69, 9.17) is 4.74 Å². The van der Waals surface area contributed by atoms with E-state index in [1.165, 1.54) is 0 Å². The minimum atomic E-state index is -0.259. The summed E-state index contributed by atoms with van der Waals surface area (Å²) in [5.74, 6) is 0.457. The molecule has 2 saturated heterocycles. The van der Waals surface area contributed by atoms with Gasteiger partial charge in [0.05, 0.1) is 13.0 Å². The van der Waals surface area contributed by atoms with Crippen molar-refractivity contribution in [1.82, 2.24) is 15.1 Å². The Balaban J connectivity index is 1.49. The number of ether oxygens (including phenoxy) is 1. The van der Waals surface area contributed by atoms with Crippen molar-refractivity contribution in [1.29, 1.82) is 0 Å². The van der Waals surface area contributed by atoms with Gasteiger partial charge in [0.2, 0.25) is 11.8 Å². The number of rotatable bonds is 4. The number of hydrogen-bond acceptors (Lipinski definition) is 4. The Morgan fingerprint density at radius 3 is 2.24 bits per heavy atom. The first kappa shape index (κ1) is 21.1. The molecule has 3 rings (SSSR count). The molecule has 1 atom stereocenters. The molecule has 2 aliphatic heterocycles. The number of methoxy groups -OCH3 is 1. The summed E-state index contributed by atoms with van der Waals surface area (Å²) < 4.78 is 5.11. The van der Waals surface area contributed by atoms with Gasteiger partial charge in [0.15, 0.2) is 0 Å². The summed E-state index contributed by atoms with van der Waals surface area (Å²) >= 11 is 0. The normalized spacial score (nSPS) is 20.7. The van der Waals surface area contributed by atoms with Crippen LogP contribution < -0.4 is 10.1 Å². The Bertz CT molecular complexity index is 761. The number of carbonyl (C=O) groups excluding carboxylic acids is 3. The van der Waals surface area contributed by atoms with E-state index in [0.717, 1.165) is 12.8 Å². The topological polar surface area (TPSA) is 79.0 Å². The monoisotopic (exact) mass is 401 g/mol. The van der Waals surface area contributed by atoms with E-state index < -0.39 is 0 Å². The molecule has 2 aliphatic rings. The van der Waals surface area contributed by atoms with Crippen LogP contribution in [0.1, 0.15) is 50.4 Å². The predicted octanol–water partition coefficient (Wildman–Crippen LogP) is 2.06. The van der Waals surface area contributed by atoms with Crippen LogP contribution in [0.25, 0.3) is 0 Å². The largest absolute Gasteiger partial charge is 0.497 e. The molecule has 29 heavy (non-hydrogen) atoms. The second-order valence-corrected chi connectivity index (χ2v) is 8.88. The van der Waals surface area contributed by atoms with E-state index >= 15 is 0 Å². The Morgan fingerprint density at radius 1 is 1.10 bits per heavy atom. The summed E-state index contributed by atoms with van der Waals surface area (Å²) in [5, 5.41) is 3.06. The van der Waals surface area contributed by atoms with E-state index in [1.54, 1.807) is 36.3 Å². The zero-order chi connectivity index (χ0) is 21.2. The molecule has 0 aliphatic carbocycles. The summed E-state index contributed by atoms with van der Waals surface area (Å²) in [6.07, 6.45) is 1.73. The van der Waals surface area contributed by atoms with Crippen LogP contribution in [0.4, 0.5) is 0 Å². The quantitative estimate of drug-likeness (QED) is 0.838. The van der Waals surface area contributed by atoms with E-state index in [-0.39, 0.29) is 35.2 Å². The maximum Gasteiger partial charge on any atom is 0.251 e. The lowest BCUT2D eigenvalue weighted by molar-refractivity contribution is -0.136. The number of hydrogen-bond donors (Lipinski definition) is 1. The maximum absolute atomic E-state index is 12.9. The van der Waals surface area contributed by atoms with Crippen molar-refractivity contribution >= 4 is 17.7 Å². The van der Waals surface area contributed by atoms with Crippen molar-refractivity contribution in [3.05, 3.63) is 29.8 Å². The lowest BCUT2D eigenvalue weighted by Gasteiger charge is -2.35. The van der Waals surface area contributed by atoms with Crippen LogP contribution in [-0.4, -0.2) is 65.8 Å². The fourth-order valence-electron chi connectivity index (χ4n) is 4.03. The van der Waals surface area contributed by atoms with Crippen LogP contribution in [0.15, 0.2) is 24.3 Å². The van der Waals surface area contributed by atoms with Crippen molar-refractivity contribution in [3.8, 4) is 5.75 Å². The molecule has 1 N–H and O–H groups in total. The molecule has 0 aromatic heterocycles. The summed E-state index contributed by atoms with van der Waals surface area (Å²) in [5.41, 5.74) is 0.334. The van der Waals surface area contributed by atoms with E-state index in [2.05, 4.69) is 5.32 Å². The number of piperidine rings is 1. The lowest BCUT2D eigenvalue weighted by Crippen LogP contribution is -2.48. The number of amides is 3. The third kappa shape index (κ3) is 4.89. The first-order valence-electron chi connectivity index (χ1n) is 10.2. The van der Waals surface area contributed by atoms with Crippen LogP contribution in [0.3, 0.4) is 0 Å². The Kier molecular flexibility index (Phi) is 6.15. The van der Waals surface area contributed by atoms with Crippen LogP contribution in [0.5, 0.6) is 5.75 Å². The summed E-state index contributed by atoms with van der Waals surface area (Å²) in [4.78, 5) is 41.2. The average Bonchev–Trinajstić information content (AvgIpc) is 3.10. The molecule has 0 spiro atoms. The van der Waals surface area contributed by atoms with Gasteiger partial charge in [-0.05, 0) is 57.9 Å². The highest BCUT2D eigenvalue weighted by Crippen LogP contribution is 2.28. The molecule has 7 heteroatoms. The number of carbonyl (C=O) groups is 3. The molecule has 1 unspecified atom stereocenters. The van der Waals surface area contributed by atoms with Crippen molar-refractivity contribution in [2.45, 2.75) is 51.6 Å². The molecule has 158 valence electrons. The zero-order valence-electron chi connectivity index (χ0n) is 17.7. The molecule has 1 aromatic rings. The Labute approximate surface area is 172 Å². The molecule has 2 fully saturated rings. The fraction of sp³-hybridized carbons (Fsp3) is 0.591. The highest BCUT2D eigenvalue weighted by Gasteiger charge is 2.41. The summed E-state index contributed by atoms with van der Waals surface area (Å²) in [7, 11) is 1.59. The van der Waals surface area contributed by atoms with E-state index in [9.17, 15) is 14.4 Å². The molecule has 1 aromatic carbocycles. The van der Waals surface area contributed by atoms with Crippen molar-refractivity contribution in [3.63, 3.8) is 0 Å². The van der Waals surface area contributed by atoms with Gasteiger partial charge >= 0.3 is 0 Å². The standard InChI is InChI=1S/C22H31N3O4/c1-22(2,3)25-14-16(13-19(25)26)21(28)24-11-9-17(10-12-24)23-20(27)15-5-7-18(29-4)8-6-15/h5-8,16-17H,9-14H2,1-4H3,(H,23,27). The van der Waals surface area contributed by atoms with Gasteiger partial charge in [-0.2, -0.15) is 0 Å². The molecular formula is C22H31N3O4. The molecule has 3 amide bonds. The minimum absolute atomic E-state index is 0.0462. The molecule has 7 nitrogen and oxygen atoms in total. The van der Waals surface area contributed by atoms with Crippen LogP contribution in [0, 0.1) is 5.92 Å². The van der Waals surface area contributed by atoms with Gasteiger partial charge in [0.1, 0.15) is 5.75 Å². The first-order chi connectivity index (χ1) is 13.7. The third-order valence-electron chi connectivity index (χ3n) is 5.78. The number of nitrogens with zero attached hydrogens (tertiary/aromatic N) is 2. The summed E-state index contributed by atoms with van der Waals surface area (Å²) in [6.45, 7) is 7.69. The van der Waals surface area contributed by atoms with Crippen molar-refractivity contribution in [2.75, 3.05) is 26.7 Å². The van der Waals surface area contributed by atoms with E-state index in [1.807, 2.05) is 25.7 Å². The van der Waals surface area contributed by atoms with Gasteiger partial charge in [-0.25, -0.2) is 0 Å². The molecule has 0 radical (unpaired) electrons. The zero-order valence-corrected chi connectivity index (χ0v) is 17.7. The van der Waals surface area contributed by atoms with Crippen molar-refractivity contribution in [2.24, 2.45) is 5.92 Å². The first-order valence-corrected chi connectivity index (χ1v) is 10.2. The van der Waals surface area contributed by atoms with Gasteiger partial charge in [-0.15, -0.1) is 0 Å². The van der Waals surface area contributed by atoms with Gasteiger partial charge < -0.3 is 19.9 Å². The highest BCUT2D eigenvalue weighted by molar-refractivity contribution is 5.94. The number of likely N-dealkylation sites (tertiary alicyclic amines) is 2. The van der Waals surface area contributed by atoms with Crippen molar-refractivity contribution < 1.29 is 19.1 Å². The average molecular weight is 402 g/mol. The van der Waals surface area contributed by atoms with Gasteiger partial charge in [0, 0.05) is 43.2 Å². The number of benzene rings is 1. The Hall–Kier alpha value is -2.57. The molecule has 2 heterocycles. The van der Waals surface area contributed by atoms with Crippen LogP contribution in [-0.2, 0) is 9.59 Å². The second-order valence-electron chi connectivity index (χ2n) is 8.88. The SMILES string of the molecule is COc1ccc(C(=O)NC2CCN(C(=O)C3CC(=O)N(C(C)(C)C)C3)CC2)cc1. The van der Waals surface area contributed by atoms with E-state index in [0.29, 0.717) is 37.4 Å². The molecule has 0 bridgehead atoms. The highest BCUT2D eigenvalue weighted by atomic mass is 16.5. The van der Waals surface area contributed by atoms with Gasteiger partial charge in [0.25, 0.3) is 5.91 Å². The Morgan fingerprint density at radius 2 is 1.72 bits per heavy atom. The third-order valence-corrected chi connectivity index (χ3v) is 5.78.